The average molecular weight is 236 g/mol. The molecule has 92 valence electrons. The van der Waals surface area contributed by atoms with E-state index in [4.69, 9.17) is 5.73 Å². The lowest BCUT2D eigenvalue weighted by atomic mass is 10.1. The molecule has 0 aromatic heterocycles. The number of carbonyl (C=O) groups is 2. The van der Waals surface area contributed by atoms with Crippen molar-refractivity contribution in [1.82, 2.24) is 5.32 Å². The van der Waals surface area contributed by atoms with Crippen LogP contribution < -0.4 is 11.1 Å². The normalized spacial score (nSPS) is 11.6. The van der Waals surface area contributed by atoms with Crippen LogP contribution in [0.4, 0.5) is 5.69 Å². The zero-order chi connectivity index (χ0) is 12.8. The standard InChI is InChI=1S/C12H16N2O3/c1-8(12(16)17-2)14-11(15)7-9-4-3-5-10(13)6-9/h3-6,8H,7,13H2,1-2H3,(H,14,15). The molecule has 0 bridgehead atoms. The maximum atomic E-state index is 11.6. The molecule has 1 aromatic carbocycles. The van der Waals surface area contributed by atoms with Gasteiger partial charge in [0.05, 0.1) is 13.5 Å². The summed E-state index contributed by atoms with van der Waals surface area (Å²) in [6.45, 7) is 1.57. The first-order valence-corrected chi connectivity index (χ1v) is 5.24. The number of ether oxygens (including phenoxy) is 1. The first-order valence-electron chi connectivity index (χ1n) is 5.24. The lowest BCUT2D eigenvalue weighted by Gasteiger charge is -2.11. The van der Waals surface area contributed by atoms with Crippen molar-refractivity contribution in [2.45, 2.75) is 19.4 Å². The van der Waals surface area contributed by atoms with Gasteiger partial charge in [0.25, 0.3) is 0 Å². The molecule has 5 nitrogen and oxygen atoms in total. The number of benzene rings is 1. The highest BCUT2D eigenvalue weighted by Gasteiger charge is 2.15. The van der Waals surface area contributed by atoms with Gasteiger partial charge in [-0.15, -0.1) is 0 Å². The lowest BCUT2D eigenvalue weighted by Crippen LogP contribution is -2.39. The van der Waals surface area contributed by atoms with Crippen LogP contribution in [0.15, 0.2) is 24.3 Å². The van der Waals surface area contributed by atoms with E-state index in [0.717, 1.165) is 5.56 Å². The van der Waals surface area contributed by atoms with Gasteiger partial charge in [0.2, 0.25) is 5.91 Å². The Kier molecular flexibility index (Phi) is 4.51. The van der Waals surface area contributed by atoms with E-state index < -0.39 is 12.0 Å². The summed E-state index contributed by atoms with van der Waals surface area (Å²) in [5.74, 6) is -0.709. The minimum absolute atomic E-state index is 0.187. The van der Waals surface area contributed by atoms with Gasteiger partial charge in [0, 0.05) is 5.69 Å². The molecule has 0 aliphatic heterocycles. The summed E-state index contributed by atoms with van der Waals surface area (Å²) in [4.78, 5) is 22.7. The number of hydrogen-bond acceptors (Lipinski definition) is 4. The van der Waals surface area contributed by atoms with Crippen LogP contribution in [0.25, 0.3) is 0 Å². The topological polar surface area (TPSA) is 81.4 Å². The molecular formula is C12H16N2O3. The number of nitrogen functional groups attached to an aromatic ring is 1. The first kappa shape index (κ1) is 13.0. The summed E-state index contributed by atoms with van der Waals surface area (Å²) >= 11 is 0. The van der Waals surface area contributed by atoms with Crippen LogP contribution in [0.3, 0.4) is 0 Å². The largest absolute Gasteiger partial charge is 0.467 e. The van der Waals surface area contributed by atoms with Gasteiger partial charge in [-0.25, -0.2) is 4.79 Å². The molecule has 0 saturated carbocycles. The number of rotatable bonds is 4. The molecule has 0 heterocycles. The van der Waals surface area contributed by atoms with Crippen LogP contribution in [-0.2, 0) is 20.7 Å². The molecule has 5 heteroatoms. The summed E-state index contributed by atoms with van der Waals surface area (Å²) in [6, 6.07) is 6.41. The molecule has 0 aliphatic carbocycles. The SMILES string of the molecule is COC(=O)C(C)NC(=O)Cc1cccc(N)c1. The van der Waals surface area contributed by atoms with Crippen molar-refractivity contribution in [2.75, 3.05) is 12.8 Å². The number of esters is 1. The second-order valence-corrected chi connectivity index (χ2v) is 3.73. The minimum Gasteiger partial charge on any atom is -0.467 e. The predicted molar refractivity (Wildman–Crippen MR) is 64.2 cm³/mol. The van der Waals surface area contributed by atoms with Crippen molar-refractivity contribution in [3.63, 3.8) is 0 Å². The van der Waals surface area contributed by atoms with E-state index in [1.807, 2.05) is 0 Å². The van der Waals surface area contributed by atoms with Crippen LogP contribution in [0.5, 0.6) is 0 Å². The molecular weight excluding hydrogens is 220 g/mol. The molecule has 0 spiro atoms. The Morgan fingerprint density at radius 2 is 2.18 bits per heavy atom. The Morgan fingerprint density at radius 1 is 1.47 bits per heavy atom. The number of nitrogens with two attached hydrogens (primary N) is 1. The summed E-state index contributed by atoms with van der Waals surface area (Å²) in [5, 5.41) is 2.54. The number of carbonyl (C=O) groups excluding carboxylic acids is 2. The monoisotopic (exact) mass is 236 g/mol. The summed E-state index contributed by atoms with van der Waals surface area (Å²) in [5.41, 5.74) is 7.01. The molecule has 17 heavy (non-hydrogen) atoms. The van der Waals surface area contributed by atoms with Crippen molar-refractivity contribution >= 4 is 17.6 Å². The van der Waals surface area contributed by atoms with Crippen molar-refractivity contribution in [2.24, 2.45) is 0 Å². The highest BCUT2D eigenvalue weighted by Crippen LogP contribution is 2.07. The van der Waals surface area contributed by atoms with E-state index >= 15 is 0 Å². The van der Waals surface area contributed by atoms with Crippen LogP contribution in [0, 0.1) is 0 Å². The molecule has 1 unspecified atom stereocenters. The lowest BCUT2D eigenvalue weighted by molar-refractivity contribution is -0.144. The van der Waals surface area contributed by atoms with E-state index in [2.05, 4.69) is 10.1 Å². The van der Waals surface area contributed by atoms with Crippen LogP contribution in [-0.4, -0.2) is 25.0 Å². The molecule has 0 fully saturated rings. The maximum Gasteiger partial charge on any atom is 0.328 e. The second-order valence-electron chi connectivity index (χ2n) is 3.73. The second kappa shape index (κ2) is 5.89. The molecule has 1 rings (SSSR count). The number of nitrogens with one attached hydrogen (secondary N) is 1. The first-order chi connectivity index (χ1) is 8.02. The van der Waals surface area contributed by atoms with E-state index in [9.17, 15) is 9.59 Å². The summed E-state index contributed by atoms with van der Waals surface area (Å²) < 4.78 is 4.51. The molecule has 0 radical (unpaired) electrons. The molecule has 0 saturated heterocycles. The van der Waals surface area contributed by atoms with Gasteiger partial charge >= 0.3 is 5.97 Å². The Balaban J connectivity index is 2.53. The summed E-state index contributed by atoms with van der Waals surface area (Å²) in [7, 11) is 1.28. The van der Waals surface area contributed by atoms with Gasteiger partial charge in [-0.05, 0) is 24.6 Å². The van der Waals surface area contributed by atoms with Gasteiger partial charge in [-0.2, -0.15) is 0 Å². The molecule has 3 N–H and O–H groups in total. The van der Waals surface area contributed by atoms with Gasteiger partial charge < -0.3 is 15.8 Å². The number of anilines is 1. The smallest absolute Gasteiger partial charge is 0.328 e. The van der Waals surface area contributed by atoms with Gasteiger partial charge in [0.15, 0.2) is 0 Å². The van der Waals surface area contributed by atoms with Gasteiger partial charge in [0.1, 0.15) is 6.04 Å². The predicted octanol–water partition coefficient (Wildman–Crippen LogP) is 0.489. The van der Waals surface area contributed by atoms with E-state index in [0.29, 0.717) is 5.69 Å². The van der Waals surface area contributed by atoms with Crippen molar-refractivity contribution in [3.05, 3.63) is 29.8 Å². The van der Waals surface area contributed by atoms with E-state index in [-0.39, 0.29) is 12.3 Å². The maximum absolute atomic E-state index is 11.6. The zero-order valence-corrected chi connectivity index (χ0v) is 9.90. The van der Waals surface area contributed by atoms with Crippen LogP contribution in [0.2, 0.25) is 0 Å². The Bertz CT molecular complexity index is 418. The zero-order valence-electron chi connectivity index (χ0n) is 9.90. The number of amides is 1. The Labute approximate surface area is 99.9 Å². The molecule has 1 amide bonds. The highest BCUT2D eigenvalue weighted by molar-refractivity contribution is 5.85. The van der Waals surface area contributed by atoms with Crippen molar-refractivity contribution in [1.29, 1.82) is 0 Å². The Hall–Kier alpha value is -2.04. The molecule has 0 aliphatic rings. The fourth-order valence-electron chi connectivity index (χ4n) is 1.42. The van der Waals surface area contributed by atoms with E-state index in [1.165, 1.54) is 7.11 Å². The van der Waals surface area contributed by atoms with Gasteiger partial charge in [-0.3, -0.25) is 4.79 Å². The quantitative estimate of drug-likeness (QED) is 0.589. The third-order valence-electron chi connectivity index (χ3n) is 2.25. The summed E-state index contributed by atoms with van der Waals surface area (Å²) in [6.07, 6.45) is 0.187. The average Bonchev–Trinajstić information content (AvgIpc) is 2.27. The molecule has 1 atom stereocenters. The van der Waals surface area contributed by atoms with Gasteiger partial charge in [-0.1, -0.05) is 12.1 Å². The fourth-order valence-corrected chi connectivity index (χ4v) is 1.42. The molecule has 1 aromatic rings. The van der Waals surface area contributed by atoms with Crippen molar-refractivity contribution < 1.29 is 14.3 Å². The fraction of sp³-hybridized carbons (Fsp3) is 0.333. The van der Waals surface area contributed by atoms with Crippen molar-refractivity contribution in [3.8, 4) is 0 Å². The minimum atomic E-state index is -0.645. The Morgan fingerprint density at radius 3 is 2.76 bits per heavy atom. The number of hydrogen-bond donors (Lipinski definition) is 2. The highest BCUT2D eigenvalue weighted by atomic mass is 16.5. The number of methoxy groups -OCH3 is 1. The van der Waals surface area contributed by atoms with Crippen LogP contribution in [0.1, 0.15) is 12.5 Å². The van der Waals surface area contributed by atoms with E-state index in [1.54, 1.807) is 31.2 Å². The van der Waals surface area contributed by atoms with Crippen LogP contribution >= 0.6 is 0 Å². The third kappa shape index (κ3) is 4.14. The third-order valence-corrected chi connectivity index (χ3v) is 2.25.